The number of hydrogen-bond acceptors (Lipinski definition) is 5. The van der Waals surface area contributed by atoms with Gasteiger partial charge in [0.1, 0.15) is 5.69 Å². The van der Waals surface area contributed by atoms with Crippen LogP contribution in [0.25, 0.3) is 28.0 Å². The molecule has 3 aromatic heterocycles. The lowest BCUT2D eigenvalue weighted by Crippen LogP contribution is -2.18. The van der Waals surface area contributed by atoms with Crippen LogP contribution in [0.15, 0.2) is 59.5 Å². The normalized spacial score (nSPS) is 10.9. The van der Waals surface area contributed by atoms with Gasteiger partial charge in [-0.1, -0.05) is 6.07 Å². The maximum absolute atomic E-state index is 11.8. The third-order valence-corrected chi connectivity index (χ3v) is 4.41. The van der Waals surface area contributed by atoms with Crippen LogP contribution in [0.3, 0.4) is 0 Å². The van der Waals surface area contributed by atoms with Gasteiger partial charge in [0.25, 0.3) is 5.56 Å². The first-order valence-corrected chi connectivity index (χ1v) is 8.37. The molecule has 0 aliphatic carbocycles. The molecular weight excluding hydrogens is 344 g/mol. The number of rotatable bonds is 4. The molecule has 0 aliphatic heterocycles. The SMILES string of the molecule is COc1ccc(-c2nn3ccccc3c2-c2ccc(=O)n(C)n2)cc1OC. The fourth-order valence-corrected chi connectivity index (χ4v) is 3.07. The summed E-state index contributed by atoms with van der Waals surface area (Å²) < 4.78 is 13.9. The number of hydrogen-bond donors (Lipinski definition) is 0. The Morgan fingerprint density at radius 1 is 0.926 bits per heavy atom. The van der Waals surface area contributed by atoms with Crippen molar-refractivity contribution in [1.82, 2.24) is 19.4 Å². The third-order valence-electron chi connectivity index (χ3n) is 4.41. The second kappa shape index (κ2) is 6.60. The van der Waals surface area contributed by atoms with Gasteiger partial charge in [0.2, 0.25) is 0 Å². The van der Waals surface area contributed by atoms with Gasteiger partial charge in [-0.2, -0.15) is 10.2 Å². The van der Waals surface area contributed by atoms with Gasteiger partial charge in [0, 0.05) is 24.9 Å². The van der Waals surface area contributed by atoms with E-state index < -0.39 is 0 Å². The molecule has 0 aliphatic rings. The van der Waals surface area contributed by atoms with Crippen molar-refractivity contribution >= 4 is 5.52 Å². The Bertz CT molecular complexity index is 1190. The average molecular weight is 362 g/mol. The summed E-state index contributed by atoms with van der Waals surface area (Å²) in [6.45, 7) is 0. The Balaban J connectivity index is 2.01. The standard InChI is InChI=1S/C20H18N4O3/c1-23-18(25)10-8-14(21-23)19-15-6-4-5-11-24(15)22-20(19)13-7-9-16(26-2)17(12-13)27-3/h4-12H,1-3H3. The molecule has 0 radical (unpaired) electrons. The quantitative estimate of drug-likeness (QED) is 0.558. The monoisotopic (exact) mass is 362 g/mol. The molecule has 0 saturated carbocycles. The summed E-state index contributed by atoms with van der Waals surface area (Å²) in [6, 6.07) is 14.7. The molecule has 0 N–H and O–H groups in total. The lowest BCUT2D eigenvalue weighted by atomic mass is 10.0. The van der Waals surface area contributed by atoms with Crippen molar-refractivity contribution in [2.45, 2.75) is 0 Å². The third kappa shape index (κ3) is 2.83. The largest absolute Gasteiger partial charge is 0.493 e. The highest BCUT2D eigenvalue weighted by molar-refractivity contribution is 5.91. The van der Waals surface area contributed by atoms with Gasteiger partial charge < -0.3 is 9.47 Å². The highest BCUT2D eigenvalue weighted by Gasteiger charge is 2.19. The Morgan fingerprint density at radius 3 is 2.48 bits per heavy atom. The van der Waals surface area contributed by atoms with E-state index in [1.807, 2.05) is 42.6 Å². The van der Waals surface area contributed by atoms with Crippen LogP contribution in [-0.2, 0) is 7.05 Å². The molecule has 0 fully saturated rings. The average Bonchev–Trinajstić information content (AvgIpc) is 3.09. The topological polar surface area (TPSA) is 70.7 Å². The van der Waals surface area contributed by atoms with Crippen LogP contribution < -0.4 is 15.0 Å². The Hall–Kier alpha value is -3.61. The van der Waals surface area contributed by atoms with Crippen LogP contribution >= 0.6 is 0 Å². The van der Waals surface area contributed by atoms with Gasteiger partial charge in [0.15, 0.2) is 11.5 Å². The molecule has 136 valence electrons. The number of methoxy groups -OCH3 is 2. The molecule has 4 rings (SSSR count). The number of aryl methyl sites for hydroxylation is 1. The van der Waals surface area contributed by atoms with Crippen molar-refractivity contribution < 1.29 is 9.47 Å². The molecule has 0 unspecified atom stereocenters. The number of nitrogens with zero attached hydrogens (tertiary/aromatic N) is 4. The summed E-state index contributed by atoms with van der Waals surface area (Å²) in [4.78, 5) is 11.8. The zero-order valence-corrected chi connectivity index (χ0v) is 15.2. The lowest BCUT2D eigenvalue weighted by molar-refractivity contribution is 0.355. The van der Waals surface area contributed by atoms with Crippen LogP contribution in [0.5, 0.6) is 11.5 Å². The maximum atomic E-state index is 11.8. The van der Waals surface area contributed by atoms with E-state index in [9.17, 15) is 4.79 Å². The number of aromatic nitrogens is 4. The summed E-state index contributed by atoms with van der Waals surface area (Å²) >= 11 is 0. The predicted octanol–water partition coefficient (Wildman–Crippen LogP) is 2.78. The molecule has 0 atom stereocenters. The van der Waals surface area contributed by atoms with Crippen LogP contribution in [0.4, 0.5) is 0 Å². The predicted molar refractivity (Wildman–Crippen MR) is 102 cm³/mol. The maximum Gasteiger partial charge on any atom is 0.266 e. The van der Waals surface area contributed by atoms with E-state index in [1.165, 1.54) is 10.7 Å². The van der Waals surface area contributed by atoms with Crippen molar-refractivity contribution in [2.75, 3.05) is 14.2 Å². The Morgan fingerprint density at radius 2 is 1.74 bits per heavy atom. The molecule has 0 bridgehead atoms. The minimum absolute atomic E-state index is 0.164. The minimum Gasteiger partial charge on any atom is -0.493 e. The van der Waals surface area contributed by atoms with Crippen LogP contribution in [0.2, 0.25) is 0 Å². The molecule has 7 nitrogen and oxygen atoms in total. The van der Waals surface area contributed by atoms with Crippen molar-refractivity contribution in [2.24, 2.45) is 7.05 Å². The second-order valence-corrected chi connectivity index (χ2v) is 6.00. The highest BCUT2D eigenvalue weighted by Crippen LogP contribution is 2.37. The van der Waals surface area contributed by atoms with E-state index >= 15 is 0 Å². The zero-order chi connectivity index (χ0) is 19.0. The summed E-state index contributed by atoms with van der Waals surface area (Å²) in [7, 11) is 4.83. The number of benzene rings is 1. The number of fused-ring (bicyclic) bond motifs is 1. The molecule has 0 saturated heterocycles. The Labute approximate surface area is 155 Å². The van der Waals surface area contributed by atoms with Gasteiger partial charge in [0.05, 0.1) is 31.0 Å². The smallest absolute Gasteiger partial charge is 0.266 e. The van der Waals surface area contributed by atoms with Gasteiger partial charge in [-0.15, -0.1) is 0 Å². The summed E-state index contributed by atoms with van der Waals surface area (Å²) in [5, 5.41) is 9.16. The minimum atomic E-state index is -0.164. The molecule has 7 heteroatoms. The molecule has 4 aromatic rings. The zero-order valence-electron chi connectivity index (χ0n) is 15.2. The summed E-state index contributed by atoms with van der Waals surface area (Å²) in [6.07, 6.45) is 1.88. The van der Waals surface area contributed by atoms with Crippen molar-refractivity contribution in [3.05, 3.63) is 65.1 Å². The van der Waals surface area contributed by atoms with E-state index in [1.54, 1.807) is 31.8 Å². The van der Waals surface area contributed by atoms with Gasteiger partial charge in [-0.05, 0) is 36.4 Å². The van der Waals surface area contributed by atoms with Gasteiger partial charge in [-0.3, -0.25) is 4.79 Å². The van der Waals surface area contributed by atoms with E-state index in [4.69, 9.17) is 14.6 Å². The van der Waals surface area contributed by atoms with Crippen molar-refractivity contribution in [1.29, 1.82) is 0 Å². The molecule has 1 aromatic carbocycles. The number of ether oxygens (including phenoxy) is 2. The first kappa shape index (κ1) is 16.8. The summed E-state index contributed by atoms with van der Waals surface area (Å²) in [5.41, 5.74) is 3.85. The molecular formula is C20H18N4O3. The van der Waals surface area contributed by atoms with Crippen LogP contribution in [-0.4, -0.2) is 33.6 Å². The lowest BCUT2D eigenvalue weighted by Gasteiger charge is -2.09. The van der Waals surface area contributed by atoms with Gasteiger partial charge in [-0.25, -0.2) is 9.20 Å². The van der Waals surface area contributed by atoms with Crippen LogP contribution in [0, 0.1) is 0 Å². The fourth-order valence-electron chi connectivity index (χ4n) is 3.07. The second-order valence-electron chi connectivity index (χ2n) is 6.00. The van der Waals surface area contributed by atoms with Gasteiger partial charge >= 0.3 is 0 Å². The Kier molecular flexibility index (Phi) is 4.12. The van der Waals surface area contributed by atoms with Crippen molar-refractivity contribution in [3.63, 3.8) is 0 Å². The number of pyridine rings is 1. The first-order valence-electron chi connectivity index (χ1n) is 8.37. The van der Waals surface area contributed by atoms with Crippen LogP contribution in [0.1, 0.15) is 0 Å². The molecule has 0 amide bonds. The van der Waals surface area contributed by atoms with E-state index in [0.29, 0.717) is 17.2 Å². The van der Waals surface area contributed by atoms with Crippen molar-refractivity contribution in [3.8, 4) is 34.0 Å². The molecule has 3 heterocycles. The summed E-state index contributed by atoms with van der Waals surface area (Å²) in [5.74, 6) is 1.26. The molecule has 0 spiro atoms. The van der Waals surface area contributed by atoms with E-state index in [-0.39, 0.29) is 5.56 Å². The van der Waals surface area contributed by atoms with E-state index in [2.05, 4.69) is 5.10 Å². The fraction of sp³-hybridized carbons (Fsp3) is 0.150. The first-order chi connectivity index (χ1) is 13.1. The highest BCUT2D eigenvalue weighted by atomic mass is 16.5. The van der Waals surface area contributed by atoms with E-state index in [0.717, 1.165) is 22.3 Å². The molecule has 27 heavy (non-hydrogen) atoms.